The molecule has 1 aromatic carbocycles. The number of carbonyl (C=O) groups excluding carboxylic acids is 1. The number of fused-ring (bicyclic) bond motifs is 1. The molecule has 0 spiro atoms. The predicted molar refractivity (Wildman–Crippen MR) is 92.5 cm³/mol. The monoisotopic (exact) mass is 318 g/mol. The van der Waals surface area contributed by atoms with E-state index >= 15 is 0 Å². The van der Waals surface area contributed by atoms with E-state index in [1.807, 2.05) is 43.8 Å². The summed E-state index contributed by atoms with van der Waals surface area (Å²) in [5, 5.41) is 3.01. The Morgan fingerprint density at radius 2 is 2.05 bits per heavy atom. The molecule has 3 rings (SSSR count). The lowest BCUT2D eigenvalue weighted by atomic mass is 10.1. The number of hydrogen-bond donors (Lipinski definition) is 2. The van der Waals surface area contributed by atoms with Crippen LogP contribution in [0.2, 0.25) is 0 Å². The largest absolute Gasteiger partial charge is 0.399 e. The van der Waals surface area contributed by atoms with Crippen LogP contribution in [0.1, 0.15) is 31.2 Å². The van der Waals surface area contributed by atoms with E-state index in [4.69, 9.17) is 5.73 Å². The quantitative estimate of drug-likeness (QED) is 0.823. The molecule has 1 aromatic heterocycles. The van der Waals surface area contributed by atoms with Crippen molar-refractivity contribution in [3.05, 3.63) is 44.6 Å². The molecule has 21 heavy (non-hydrogen) atoms. The van der Waals surface area contributed by atoms with Crippen molar-refractivity contribution in [2.24, 2.45) is 0 Å². The van der Waals surface area contributed by atoms with E-state index in [2.05, 4.69) is 5.32 Å². The van der Waals surface area contributed by atoms with Gasteiger partial charge in [-0.2, -0.15) is 11.8 Å². The smallest absolute Gasteiger partial charge is 0.265 e. The Kier molecular flexibility index (Phi) is 3.95. The summed E-state index contributed by atoms with van der Waals surface area (Å²) < 4.78 is 0. The molecule has 1 aliphatic rings. The van der Waals surface area contributed by atoms with E-state index < -0.39 is 0 Å². The standard InChI is InChI=1S/C16H18N2OS2/c1-9-6-13(10(2)5-12(9)17)18-16(19)15-7-11-8-20-4-3-14(11)21-15/h5-7H,3-4,8,17H2,1-2H3,(H,18,19). The molecule has 0 saturated carbocycles. The van der Waals surface area contributed by atoms with E-state index in [1.165, 1.54) is 10.4 Å². The molecule has 0 fully saturated rings. The molecule has 3 N–H and O–H groups in total. The van der Waals surface area contributed by atoms with Gasteiger partial charge >= 0.3 is 0 Å². The number of thiophene rings is 1. The molecule has 2 heterocycles. The van der Waals surface area contributed by atoms with Crippen LogP contribution < -0.4 is 11.1 Å². The number of benzene rings is 1. The molecule has 0 radical (unpaired) electrons. The number of nitrogens with one attached hydrogen (secondary N) is 1. The summed E-state index contributed by atoms with van der Waals surface area (Å²) in [6.45, 7) is 3.91. The highest BCUT2D eigenvalue weighted by Crippen LogP contribution is 2.32. The van der Waals surface area contributed by atoms with Crippen molar-refractivity contribution in [2.75, 3.05) is 16.8 Å². The molecule has 0 bridgehead atoms. The van der Waals surface area contributed by atoms with Gasteiger partial charge in [0.2, 0.25) is 0 Å². The van der Waals surface area contributed by atoms with Crippen molar-refractivity contribution in [3.8, 4) is 0 Å². The van der Waals surface area contributed by atoms with Crippen LogP contribution in [0.4, 0.5) is 11.4 Å². The van der Waals surface area contributed by atoms with Crippen molar-refractivity contribution < 1.29 is 4.79 Å². The van der Waals surface area contributed by atoms with E-state index in [0.29, 0.717) is 0 Å². The zero-order chi connectivity index (χ0) is 15.0. The summed E-state index contributed by atoms with van der Waals surface area (Å²) in [6, 6.07) is 5.88. The Morgan fingerprint density at radius 3 is 2.81 bits per heavy atom. The Hall–Kier alpha value is -1.46. The summed E-state index contributed by atoms with van der Waals surface area (Å²) in [5.41, 5.74) is 10.8. The molecule has 1 aliphatic heterocycles. The Bertz CT molecular complexity index is 683. The summed E-state index contributed by atoms with van der Waals surface area (Å²) in [7, 11) is 0. The number of thioether (sulfide) groups is 1. The van der Waals surface area contributed by atoms with Crippen LogP contribution in [-0.4, -0.2) is 11.7 Å². The van der Waals surface area contributed by atoms with Crippen LogP contribution >= 0.6 is 23.1 Å². The summed E-state index contributed by atoms with van der Waals surface area (Å²) >= 11 is 3.56. The van der Waals surface area contributed by atoms with Gasteiger partial charge in [-0.1, -0.05) is 0 Å². The molecule has 110 valence electrons. The average Bonchev–Trinajstić information content (AvgIpc) is 2.88. The maximum Gasteiger partial charge on any atom is 0.265 e. The topological polar surface area (TPSA) is 55.1 Å². The first-order chi connectivity index (χ1) is 10.0. The van der Waals surface area contributed by atoms with E-state index in [0.717, 1.165) is 45.3 Å². The van der Waals surface area contributed by atoms with Gasteiger partial charge in [0.15, 0.2) is 0 Å². The second-order valence-electron chi connectivity index (χ2n) is 5.34. The van der Waals surface area contributed by atoms with Gasteiger partial charge in [-0.15, -0.1) is 11.3 Å². The van der Waals surface area contributed by atoms with Crippen LogP contribution in [0, 0.1) is 13.8 Å². The van der Waals surface area contributed by atoms with Crippen LogP contribution in [-0.2, 0) is 12.2 Å². The molecule has 1 amide bonds. The molecule has 0 aliphatic carbocycles. The number of amides is 1. The van der Waals surface area contributed by atoms with Crippen LogP contribution in [0.5, 0.6) is 0 Å². The summed E-state index contributed by atoms with van der Waals surface area (Å²) in [4.78, 5) is 14.6. The van der Waals surface area contributed by atoms with Gasteiger partial charge in [-0.05, 0) is 60.9 Å². The van der Waals surface area contributed by atoms with Crippen molar-refractivity contribution in [1.82, 2.24) is 0 Å². The molecule has 3 nitrogen and oxygen atoms in total. The Labute approximate surface area is 132 Å². The van der Waals surface area contributed by atoms with Gasteiger partial charge in [-0.3, -0.25) is 4.79 Å². The Morgan fingerprint density at radius 1 is 1.24 bits per heavy atom. The highest BCUT2D eigenvalue weighted by atomic mass is 32.2. The van der Waals surface area contributed by atoms with Crippen LogP contribution in [0.15, 0.2) is 18.2 Å². The highest BCUT2D eigenvalue weighted by Gasteiger charge is 2.18. The van der Waals surface area contributed by atoms with Crippen LogP contribution in [0.25, 0.3) is 0 Å². The second-order valence-corrected chi connectivity index (χ2v) is 7.58. The molecule has 0 atom stereocenters. The number of nitrogen functional groups attached to an aromatic ring is 1. The summed E-state index contributed by atoms with van der Waals surface area (Å²) in [6.07, 6.45) is 1.08. The third kappa shape index (κ3) is 2.94. The van der Waals surface area contributed by atoms with Crippen LogP contribution in [0.3, 0.4) is 0 Å². The molecule has 0 saturated heterocycles. The fraction of sp³-hybridized carbons (Fsp3) is 0.312. The number of carbonyl (C=O) groups is 1. The van der Waals surface area contributed by atoms with Crippen molar-refractivity contribution >= 4 is 40.4 Å². The zero-order valence-corrected chi connectivity index (χ0v) is 13.8. The van der Waals surface area contributed by atoms with Crippen molar-refractivity contribution in [1.29, 1.82) is 0 Å². The first-order valence-electron chi connectivity index (χ1n) is 6.92. The van der Waals surface area contributed by atoms with E-state index in [1.54, 1.807) is 11.3 Å². The molecular weight excluding hydrogens is 300 g/mol. The second kappa shape index (κ2) is 5.73. The number of aryl methyl sites for hydroxylation is 3. The average molecular weight is 318 g/mol. The van der Waals surface area contributed by atoms with Gasteiger partial charge in [0.1, 0.15) is 0 Å². The fourth-order valence-corrected chi connectivity index (χ4v) is 4.68. The molecular formula is C16H18N2OS2. The summed E-state index contributed by atoms with van der Waals surface area (Å²) in [5.74, 6) is 2.16. The third-order valence-electron chi connectivity index (χ3n) is 3.71. The van der Waals surface area contributed by atoms with E-state index in [9.17, 15) is 4.79 Å². The molecule has 5 heteroatoms. The van der Waals surface area contributed by atoms with Crippen molar-refractivity contribution in [3.63, 3.8) is 0 Å². The van der Waals surface area contributed by atoms with Crippen molar-refractivity contribution in [2.45, 2.75) is 26.0 Å². The minimum atomic E-state index is -0.0216. The maximum atomic E-state index is 12.4. The lowest BCUT2D eigenvalue weighted by Gasteiger charge is -2.10. The van der Waals surface area contributed by atoms with E-state index in [-0.39, 0.29) is 5.91 Å². The highest BCUT2D eigenvalue weighted by molar-refractivity contribution is 7.98. The first-order valence-corrected chi connectivity index (χ1v) is 8.89. The SMILES string of the molecule is Cc1cc(NC(=O)c2cc3c(s2)CCSC3)c(C)cc1N. The zero-order valence-electron chi connectivity index (χ0n) is 12.2. The first kappa shape index (κ1) is 14.5. The normalized spacial score (nSPS) is 13.8. The number of nitrogens with two attached hydrogens (primary N) is 1. The van der Waals surface area contributed by atoms with Gasteiger partial charge in [0.05, 0.1) is 4.88 Å². The number of anilines is 2. The number of rotatable bonds is 2. The minimum Gasteiger partial charge on any atom is -0.399 e. The van der Waals surface area contributed by atoms with Gasteiger partial charge in [0.25, 0.3) is 5.91 Å². The Balaban J connectivity index is 1.83. The fourth-order valence-electron chi connectivity index (χ4n) is 2.42. The molecule has 0 unspecified atom stereocenters. The third-order valence-corrected chi connectivity index (χ3v) is 5.96. The predicted octanol–water partition coefficient (Wildman–Crippen LogP) is 3.99. The lowest BCUT2D eigenvalue weighted by Crippen LogP contribution is -2.11. The molecule has 2 aromatic rings. The van der Waals surface area contributed by atoms with Gasteiger partial charge in [-0.25, -0.2) is 0 Å². The minimum absolute atomic E-state index is 0.0216. The lowest BCUT2D eigenvalue weighted by molar-refractivity contribution is 0.103. The van der Waals surface area contributed by atoms with Gasteiger partial charge in [0, 0.05) is 22.0 Å². The number of hydrogen-bond acceptors (Lipinski definition) is 4. The maximum absolute atomic E-state index is 12.4. The van der Waals surface area contributed by atoms with Gasteiger partial charge < -0.3 is 11.1 Å².